The Balaban J connectivity index is 1.91. The fourth-order valence-electron chi connectivity index (χ4n) is 2.63. The first-order valence-electron chi connectivity index (χ1n) is 5.68. The van der Waals surface area contributed by atoms with Crippen molar-refractivity contribution in [3.05, 3.63) is 0 Å². The van der Waals surface area contributed by atoms with Crippen molar-refractivity contribution in [1.29, 1.82) is 0 Å². The molecule has 76 valence electrons. The molecule has 1 saturated heterocycles. The predicted octanol–water partition coefficient (Wildman–Crippen LogP) is 2.66. The molecule has 2 aliphatic rings. The Morgan fingerprint density at radius 3 is 3.00 bits per heavy atom. The lowest BCUT2D eigenvalue weighted by Crippen LogP contribution is -2.49. The first-order valence-corrected chi connectivity index (χ1v) is 6.62. The van der Waals surface area contributed by atoms with Crippen LogP contribution in [0.25, 0.3) is 0 Å². The number of nitrogens with one attached hydrogen (secondary N) is 1. The molecule has 0 amide bonds. The third-order valence-electron chi connectivity index (χ3n) is 3.55. The molecule has 1 N–H and O–H groups in total. The van der Waals surface area contributed by atoms with Crippen LogP contribution in [-0.4, -0.2) is 23.1 Å². The Morgan fingerprint density at radius 1 is 1.38 bits per heavy atom. The minimum Gasteiger partial charge on any atom is -0.312 e. The molecule has 2 heteroatoms. The van der Waals surface area contributed by atoms with Crippen LogP contribution in [0, 0.1) is 5.92 Å². The maximum Gasteiger partial charge on any atom is 0.0206 e. The average molecular weight is 199 g/mol. The van der Waals surface area contributed by atoms with Gasteiger partial charge in [0.2, 0.25) is 0 Å². The van der Waals surface area contributed by atoms with Gasteiger partial charge in [0.1, 0.15) is 0 Å². The lowest BCUT2D eigenvalue weighted by atomic mass is 9.84. The molecule has 0 aromatic rings. The van der Waals surface area contributed by atoms with Crippen LogP contribution >= 0.6 is 11.8 Å². The molecule has 1 nitrogen and oxygen atoms in total. The molecule has 0 spiro atoms. The Morgan fingerprint density at radius 2 is 2.23 bits per heavy atom. The van der Waals surface area contributed by atoms with Crippen LogP contribution in [-0.2, 0) is 0 Å². The summed E-state index contributed by atoms with van der Waals surface area (Å²) in [5.41, 5.74) is 0. The van der Waals surface area contributed by atoms with Crippen molar-refractivity contribution in [1.82, 2.24) is 5.32 Å². The van der Waals surface area contributed by atoms with Crippen molar-refractivity contribution in [2.45, 2.75) is 56.1 Å². The zero-order valence-electron chi connectivity index (χ0n) is 8.75. The van der Waals surface area contributed by atoms with E-state index in [-0.39, 0.29) is 0 Å². The highest BCUT2D eigenvalue weighted by Gasteiger charge is 2.33. The molecule has 0 aromatic heterocycles. The van der Waals surface area contributed by atoms with Gasteiger partial charge >= 0.3 is 0 Å². The molecular weight excluding hydrogens is 178 g/mol. The van der Waals surface area contributed by atoms with Crippen molar-refractivity contribution in [3.63, 3.8) is 0 Å². The zero-order valence-corrected chi connectivity index (χ0v) is 9.57. The number of hydrogen-bond donors (Lipinski definition) is 1. The van der Waals surface area contributed by atoms with Crippen LogP contribution in [0.3, 0.4) is 0 Å². The summed E-state index contributed by atoms with van der Waals surface area (Å²) < 4.78 is 0. The van der Waals surface area contributed by atoms with Gasteiger partial charge in [0.15, 0.2) is 0 Å². The summed E-state index contributed by atoms with van der Waals surface area (Å²) in [5.74, 6) is 1.01. The SMILES string of the molecule is CCC1CCC2NCC(C)SC2C1. The minimum absolute atomic E-state index is 0.830. The van der Waals surface area contributed by atoms with Crippen LogP contribution in [0.5, 0.6) is 0 Å². The van der Waals surface area contributed by atoms with Crippen molar-refractivity contribution in [2.24, 2.45) is 5.92 Å². The monoisotopic (exact) mass is 199 g/mol. The summed E-state index contributed by atoms with van der Waals surface area (Å²) in [6.07, 6.45) is 5.73. The fraction of sp³-hybridized carbons (Fsp3) is 1.00. The number of thioether (sulfide) groups is 1. The van der Waals surface area contributed by atoms with Gasteiger partial charge in [-0.05, 0) is 25.2 Å². The van der Waals surface area contributed by atoms with Gasteiger partial charge in [-0.25, -0.2) is 0 Å². The molecule has 0 radical (unpaired) electrons. The van der Waals surface area contributed by atoms with Gasteiger partial charge in [0, 0.05) is 23.1 Å². The van der Waals surface area contributed by atoms with Gasteiger partial charge < -0.3 is 5.32 Å². The largest absolute Gasteiger partial charge is 0.312 e. The minimum atomic E-state index is 0.830. The van der Waals surface area contributed by atoms with E-state index in [0.717, 1.165) is 22.5 Å². The number of rotatable bonds is 1. The average Bonchev–Trinajstić information content (AvgIpc) is 2.16. The molecule has 0 aromatic carbocycles. The van der Waals surface area contributed by atoms with E-state index in [1.807, 2.05) is 0 Å². The second-order valence-electron chi connectivity index (χ2n) is 4.59. The van der Waals surface area contributed by atoms with Crippen molar-refractivity contribution in [3.8, 4) is 0 Å². The molecule has 4 atom stereocenters. The van der Waals surface area contributed by atoms with Crippen LogP contribution < -0.4 is 5.32 Å². The topological polar surface area (TPSA) is 12.0 Å². The molecule has 1 aliphatic carbocycles. The van der Waals surface area contributed by atoms with E-state index >= 15 is 0 Å². The maximum atomic E-state index is 3.69. The smallest absolute Gasteiger partial charge is 0.0206 e. The molecule has 0 bridgehead atoms. The summed E-state index contributed by atoms with van der Waals surface area (Å²) >= 11 is 2.23. The van der Waals surface area contributed by atoms with Gasteiger partial charge in [0.05, 0.1) is 0 Å². The molecule has 2 fully saturated rings. The van der Waals surface area contributed by atoms with Crippen LogP contribution in [0.4, 0.5) is 0 Å². The maximum absolute atomic E-state index is 3.69. The first-order chi connectivity index (χ1) is 6.29. The highest BCUT2D eigenvalue weighted by molar-refractivity contribution is 8.00. The second-order valence-corrected chi connectivity index (χ2v) is 6.27. The Labute approximate surface area is 86.0 Å². The van der Waals surface area contributed by atoms with Gasteiger partial charge in [-0.2, -0.15) is 11.8 Å². The van der Waals surface area contributed by atoms with E-state index < -0.39 is 0 Å². The normalized spacial score (nSPS) is 45.7. The second kappa shape index (κ2) is 4.22. The van der Waals surface area contributed by atoms with Gasteiger partial charge in [-0.15, -0.1) is 0 Å². The lowest BCUT2D eigenvalue weighted by Gasteiger charge is -2.41. The molecule has 1 aliphatic heterocycles. The Bertz CT molecular complexity index is 171. The van der Waals surface area contributed by atoms with E-state index in [9.17, 15) is 0 Å². The van der Waals surface area contributed by atoms with E-state index in [2.05, 4.69) is 30.9 Å². The lowest BCUT2D eigenvalue weighted by molar-refractivity contribution is 0.288. The van der Waals surface area contributed by atoms with E-state index in [0.29, 0.717) is 0 Å². The standard InChI is InChI=1S/C11H21NS/c1-3-9-4-5-10-11(6-9)13-8(2)7-12-10/h8-12H,3-7H2,1-2H3. The summed E-state index contributed by atoms with van der Waals surface area (Å²) in [4.78, 5) is 0. The Kier molecular flexibility index (Phi) is 3.20. The highest BCUT2D eigenvalue weighted by Crippen LogP contribution is 2.37. The Hall–Kier alpha value is 0.310. The molecule has 4 unspecified atom stereocenters. The van der Waals surface area contributed by atoms with Gasteiger partial charge in [-0.3, -0.25) is 0 Å². The first kappa shape index (κ1) is 9.85. The number of fused-ring (bicyclic) bond motifs is 1. The fourth-order valence-corrected chi connectivity index (χ4v) is 4.22. The van der Waals surface area contributed by atoms with Gasteiger partial charge in [-0.1, -0.05) is 20.3 Å². The third kappa shape index (κ3) is 2.21. The summed E-state index contributed by atoms with van der Waals surface area (Å²) in [7, 11) is 0. The third-order valence-corrected chi connectivity index (χ3v) is 5.05. The summed E-state index contributed by atoms with van der Waals surface area (Å²) in [6, 6.07) is 0.837. The van der Waals surface area contributed by atoms with E-state index in [1.165, 1.54) is 32.2 Å². The summed E-state index contributed by atoms with van der Waals surface area (Å²) in [5, 5.41) is 5.44. The van der Waals surface area contributed by atoms with Crippen LogP contribution in [0.1, 0.15) is 39.5 Å². The zero-order chi connectivity index (χ0) is 9.26. The van der Waals surface area contributed by atoms with Crippen molar-refractivity contribution < 1.29 is 0 Å². The molecule has 13 heavy (non-hydrogen) atoms. The van der Waals surface area contributed by atoms with E-state index in [4.69, 9.17) is 0 Å². The van der Waals surface area contributed by atoms with E-state index in [1.54, 1.807) is 0 Å². The van der Waals surface area contributed by atoms with Crippen molar-refractivity contribution in [2.75, 3.05) is 6.54 Å². The quantitative estimate of drug-likeness (QED) is 0.697. The van der Waals surface area contributed by atoms with Gasteiger partial charge in [0.25, 0.3) is 0 Å². The highest BCUT2D eigenvalue weighted by atomic mass is 32.2. The molecule has 2 rings (SSSR count). The number of hydrogen-bond acceptors (Lipinski definition) is 2. The van der Waals surface area contributed by atoms with Crippen molar-refractivity contribution >= 4 is 11.8 Å². The summed E-state index contributed by atoms with van der Waals surface area (Å²) in [6.45, 7) is 5.92. The van der Waals surface area contributed by atoms with Crippen LogP contribution in [0.2, 0.25) is 0 Å². The molecular formula is C11H21NS. The molecule has 1 heterocycles. The van der Waals surface area contributed by atoms with Crippen LogP contribution in [0.15, 0.2) is 0 Å². The predicted molar refractivity (Wildman–Crippen MR) is 60.3 cm³/mol. The molecule has 1 saturated carbocycles.